The van der Waals surface area contributed by atoms with Gasteiger partial charge in [-0.15, -0.1) is 0 Å². The number of nitrogens with zero attached hydrogens (tertiary/aromatic N) is 2. The number of hydrogen-bond donors (Lipinski definition) is 2. The van der Waals surface area contributed by atoms with Crippen molar-refractivity contribution in [2.45, 2.75) is 6.92 Å². The zero-order valence-corrected chi connectivity index (χ0v) is 13.7. The molecular formula is C18H16F2N4O. The van der Waals surface area contributed by atoms with Gasteiger partial charge in [0, 0.05) is 29.2 Å². The first-order valence-electron chi connectivity index (χ1n) is 7.52. The topological polar surface area (TPSA) is 59.1 Å². The maximum Gasteiger partial charge on any atom is 0.229 e. The number of benzene rings is 2. The molecule has 0 aliphatic carbocycles. The lowest BCUT2D eigenvalue weighted by molar-refractivity contribution is 0.415. The minimum atomic E-state index is -0.936. The molecule has 2 aromatic carbocycles. The molecule has 3 rings (SSSR count). The van der Waals surface area contributed by atoms with Crippen LogP contribution in [0.25, 0.3) is 0 Å². The van der Waals surface area contributed by atoms with E-state index in [1.165, 1.54) is 6.07 Å². The number of aromatic nitrogens is 2. The van der Waals surface area contributed by atoms with Gasteiger partial charge in [0.05, 0.1) is 7.11 Å². The Hall–Kier alpha value is -3.22. The van der Waals surface area contributed by atoms with E-state index in [0.29, 0.717) is 11.5 Å². The highest BCUT2D eigenvalue weighted by atomic mass is 19.2. The van der Waals surface area contributed by atoms with Crippen molar-refractivity contribution in [1.29, 1.82) is 0 Å². The third-order valence-electron chi connectivity index (χ3n) is 3.39. The van der Waals surface area contributed by atoms with Gasteiger partial charge in [-0.25, -0.2) is 13.8 Å². The van der Waals surface area contributed by atoms with Gasteiger partial charge in [0.1, 0.15) is 11.6 Å². The molecule has 0 amide bonds. The van der Waals surface area contributed by atoms with Gasteiger partial charge < -0.3 is 15.4 Å². The van der Waals surface area contributed by atoms with Crippen LogP contribution in [0.2, 0.25) is 0 Å². The standard InChI is InChI=1S/C18H16F2N4O/c1-11-9-17(22-12-3-6-14(25-2)7-4-12)24-18(21-11)23-13-5-8-15(19)16(20)10-13/h3-10H,1-2H3,(H2,21,22,23,24). The Bertz CT molecular complexity index is 885. The monoisotopic (exact) mass is 342 g/mol. The minimum Gasteiger partial charge on any atom is -0.497 e. The second kappa shape index (κ2) is 7.12. The Morgan fingerprint density at radius 1 is 0.840 bits per heavy atom. The van der Waals surface area contributed by atoms with E-state index >= 15 is 0 Å². The van der Waals surface area contributed by atoms with Crippen molar-refractivity contribution in [3.63, 3.8) is 0 Å². The smallest absolute Gasteiger partial charge is 0.229 e. The number of halogens is 2. The van der Waals surface area contributed by atoms with Gasteiger partial charge in [-0.05, 0) is 43.3 Å². The van der Waals surface area contributed by atoms with Crippen LogP contribution < -0.4 is 15.4 Å². The van der Waals surface area contributed by atoms with E-state index in [4.69, 9.17) is 4.74 Å². The number of methoxy groups -OCH3 is 1. The Morgan fingerprint density at radius 3 is 2.24 bits per heavy atom. The van der Waals surface area contributed by atoms with Crippen LogP contribution in [-0.2, 0) is 0 Å². The van der Waals surface area contributed by atoms with Crippen LogP contribution in [0.15, 0.2) is 48.5 Å². The van der Waals surface area contributed by atoms with Crippen molar-refractivity contribution in [3.05, 3.63) is 65.9 Å². The van der Waals surface area contributed by atoms with Crippen molar-refractivity contribution in [2.75, 3.05) is 17.7 Å². The Morgan fingerprint density at radius 2 is 1.56 bits per heavy atom. The first-order valence-corrected chi connectivity index (χ1v) is 7.52. The lowest BCUT2D eigenvalue weighted by atomic mass is 10.3. The summed E-state index contributed by atoms with van der Waals surface area (Å²) in [4.78, 5) is 8.59. The fourth-order valence-electron chi connectivity index (χ4n) is 2.21. The fourth-order valence-corrected chi connectivity index (χ4v) is 2.21. The van der Waals surface area contributed by atoms with Crippen molar-refractivity contribution in [3.8, 4) is 5.75 Å². The van der Waals surface area contributed by atoms with Crippen LogP contribution in [0.4, 0.5) is 31.9 Å². The molecule has 0 aliphatic heterocycles. The maximum atomic E-state index is 13.3. The third kappa shape index (κ3) is 4.20. The highest BCUT2D eigenvalue weighted by Gasteiger charge is 2.06. The molecule has 0 spiro atoms. The summed E-state index contributed by atoms with van der Waals surface area (Å²) in [6, 6.07) is 12.7. The van der Waals surface area contributed by atoms with Gasteiger partial charge in [-0.2, -0.15) is 4.98 Å². The van der Waals surface area contributed by atoms with E-state index in [1.54, 1.807) is 13.2 Å². The molecule has 1 aromatic heterocycles. The fraction of sp³-hybridized carbons (Fsp3) is 0.111. The predicted octanol–water partition coefficient (Wildman–Crippen LogP) is 4.56. The molecule has 0 saturated carbocycles. The summed E-state index contributed by atoms with van der Waals surface area (Å²) in [6.45, 7) is 1.82. The Kier molecular flexibility index (Phi) is 4.74. The van der Waals surface area contributed by atoms with Gasteiger partial charge in [-0.1, -0.05) is 0 Å². The quantitative estimate of drug-likeness (QED) is 0.712. The molecule has 0 radical (unpaired) electrons. The van der Waals surface area contributed by atoms with Gasteiger partial charge in [0.15, 0.2) is 11.6 Å². The molecule has 7 heteroatoms. The number of hydrogen-bond acceptors (Lipinski definition) is 5. The molecule has 25 heavy (non-hydrogen) atoms. The van der Waals surface area contributed by atoms with Crippen LogP contribution in [-0.4, -0.2) is 17.1 Å². The number of anilines is 4. The lowest BCUT2D eigenvalue weighted by Gasteiger charge is -2.10. The maximum absolute atomic E-state index is 13.3. The zero-order valence-electron chi connectivity index (χ0n) is 13.7. The van der Waals surface area contributed by atoms with Crippen molar-refractivity contribution in [2.24, 2.45) is 0 Å². The molecule has 128 valence electrons. The summed E-state index contributed by atoms with van der Waals surface area (Å²) in [5.41, 5.74) is 1.91. The molecule has 0 fully saturated rings. The van der Waals surface area contributed by atoms with Gasteiger partial charge in [0.2, 0.25) is 5.95 Å². The van der Waals surface area contributed by atoms with E-state index in [9.17, 15) is 8.78 Å². The van der Waals surface area contributed by atoms with Gasteiger partial charge in [-0.3, -0.25) is 0 Å². The van der Waals surface area contributed by atoms with E-state index in [2.05, 4.69) is 20.6 Å². The summed E-state index contributed by atoms with van der Waals surface area (Å²) >= 11 is 0. The van der Waals surface area contributed by atoms with E-state index < -0.39 is 11.6 Å². The SMILES string of the molecule is COc1ccc(Nc2cc(C)nc(Nc3ccc(F)c(F)c3)n2)cc1. The van der Waals surface area contributed by atoms with E-state index in [1.807, 2.05) is 31.2 Å². The molecule has 0 aliphatic rings. The zero-order chi connectivity index (χ0) is 17.8. The van der Waals surface area contributed by atoms with Crippen molar-refractivity contribution in [1.82, 2.24) is 9.97 Å². The second-order valence-corrected chi connectivity index (χ2v) is 5.33. The molecule has 2 N–H and O–H groups in total. The molecular weight excluding hydrogens is 326 g/mol. The average Bonchev–Trinajstić information content (AvgIpc) is 2.58. The first kappa shape index (κ1) is 16.6. The summed E-state index contributed by atoms with van der Waals surface area (Å²) < 4.78 is 31.4. The number of rotatable bonds is 5. The van der Waals surface area contributed by atoms with Gasteiger partial charge >= 0.3 is 0 Å². The Labute approximate surface area is 143 Å². The summed E-state index contributed by atoms with van der Waals surface area (Å²) in [7, 11) is 1.60. The van der Waals surface area contributed by atoms with Crippen LogP contribution in [0.5, 0.6) is 5.75 Å². The normalized spacial score (nSPS) is 10.4. The van der Waals surface area contributed by atoms with Crippen LogP contribution in [0.1, 0.15) is 5.69 Å². The lowest BCUT2D eigenvalue weighted by Crippen LogP contribution is -2.03. The van der Waals surface area contributed by atoms with Crippen LogP contribution in [0.3, 0.4) is 0 Å². The van der Waals surface area contributed by atoms with Crippen LogP contribution in [0, 0.1) is 18.6 Å². The molecule has 0 atom stereocenters. The molecule has 0 saturated heterocycles. The Balaban J connectivity index is 1.80. The van der Waals surface area contributed by atoms with Crippen LogP contribution >= 0.6 is 0 Å². The van der Waals surface area contributed by atoms with Crippen molar-refractivity contribution < 1.29 is 13.5 Å². The van der Waals surface area contributed by atoms with Gasteiger partial charge in [0.25, 0.3) is 0 Å². The summed E-state index contributed by atoms with van der Waals surface area (Å²) in [6.07, 6.45) is 0. The second-order valence-electron chi connectivity index (χ2n) is 5.33. The number of nitrogens with one attached hydrogen (secondary N) is 2. The summed E-state index contributed by atoms with van der Waals surface area (Å²) in [5.74, 6) is -0.235. The molecule has 0 unspecified atom stereocenters. The van der Waals surface area contributed by atoms with Crippen molar-refractivity contribution >= 4 is 23.1 Å². The molecule has 3 aromatic rings. The molecule has 1 heterocycles. The number of ether oxygens (including phenoxy) is 1. The number of aryl methyl sites for hydroxylation is 1. The predicted molar refractivity (Wildman–Crippen MR) is 92.7 cm³/mol. The first-order chi connectivity index (χ1) is 12.0. The highest BCUT2D eigenvalue weighted by molar-refractivity contribution is 5.60. The third-order valence-corrected chi connectivity index (χ3v) is 3.39. The van der Waals surface area contributed by atoms with E-state index in [0.717, 1.165) is 29.3 Å². The highest BCUT2D eigenvalue weighted by Crippen LogP contribution is 2.22. The summed E-state index contributed by atoms with van der Waals surface area (Å²) in [5, 5.41) is 6.03. The van der Waals surface area contributed by atoms with E-state index in [-0.39, 0.29) is 5.95 Å². The average molecular weight is 342 g/mol. The minimum absolute atomic E-state index is 0.280. The molecule has 5 nitrogen and oxygen atoms in total. The molecule has 0 bridgehead atoms. The largest absolute Gasteiger partial charge is 0.497 e.